The van der Waals surface area contributed by atoms with E-state index < -0.39 is 0 Å². The van der Waals surface area contributed by atoms with Crippen molar-refractivity contribution < 1.29 is 13.9 Å². The number of nitrogens with zero attached hydrogens (tertiary/aromatic N) is 2. The van der Waals surface area contributed by atoms with Crippen LogP contribution >= 0.6 is 0 Å². The molecule has 2 aliphatic rings. The van der Waals surface area contributed by atoms with Gasteiger partial charge in [-0.3, -0.25) is 4.79 Å². The van der Waals surface area contributed by atoms with Crippen LogP contribution in [-0.4, -0.2) is 45.2 Å². The molecule has 0 aromatic heterocycles. The highest BCUT2D eigenvalue weighted by Gasteiger charge is 2.41. The van der Waals surface area contributed by atoms with Crippen LogP contribution in [-0.2, 0) is 11.2 Å². The smallest absolute Gasteiger partial charge is 0.225 e. The topological polar surface area (TPSA) is 44.8 Å². The summed E-state index contributed by atoms with van der Waals surface area (Å²) in [5.74, 6) is 0.451. The molecule has 0 bridgehead atoms. The fourth-order valence-corrected chi connectivity index (χ4v) is 4.39. The number of halogens is 1. The summed E-state index contributed by atoms with van der Waals surface area (Å²) in [6.07, 6.45) is 2.38. The molecule has 2 aromatic carbocycles. The molecule has 2 atom stereocenters. The summed E-state index contributed by atoms with van der Waals surface area (Å²) in [7, 11) is 1.67. The third kappa shape index (κ3) is 3.79. The van der Waals surface area contributed by atoms with E-state index in [2.05, 4.69) is 33.8 Å². The molecule has 1 fully saturated rings. The Kier molecular flexibility index (Phi) is 5.43. The monoisotopic (exact) mass is 395 g/mol. The Hall–Kier alpha value is -3.02. The molecule has 1 saturated heterocycles. The van der Waals surface area contributed by atoms with Gasteiger partial charge in [-0.2, -0.15) is 0 Å². The van der Waals surface area contributed by atoms with Crippen LogP contribution in [0.3, 0.4) is 0 Å². The second-order valence-electron chi connectivity index (χ2n) is 7.52. The van der Waals surface area contributed by atoms with E-state index in [0.717, 1.165) is 35.8 Å². The molecule has 2 heterocycles. The lowest BCUT2D eigenvalue weighted by molar-refractivity contribution is -0.125. The minimum atomic E-state index is -0.243. The first-order chi connectivity index (χ1) is 14.1. The Bertz CT molecular complexity index is 899. The summed E-state index contributed by atoms with van der Waals surface area (Å²) in [5.41, 5.74) is 3.28. The molecule has 0 radical (unpaired) electrons. The van der Waals surface area contributed by atoms with Crippen LogP contribution in [0, 0.1) is 11.7 Å². The van der Waals surface area contributed by atoms with Crippen molar-refractivity contribution in [1.82, 2.24) is 5.32 Å². The maximum atomic E-state index is 13.3. The average molecular weight is 395 g/mol. The van der Waals surface area contributed by atoms with Gasteiger partial charge in [-0.15, -0.1) is 6.58 Å². The number of rotatable bonds is 5. The largest absolute Gasteiger partial charge is 0.497 e. The van der Waals surface area contributed by atoms with E-state index in [4.69, 9.17) is 4.74 Å². The van der Waals surface area contributed by atoms with E-state index in [1.807, 2.05) is 6.07 Å². The van der Waals surface area contributed by atoms with Gasteiger partial charge < -0.3 is 19.9 Å². The highest BCUT2D eigenvalue weighted by atomic mass is 19.1. The zero-order chi connectivity index (χ0) is 20.4. The molecular formula is C23H26FN3O2. The molecule has 29 heavy (non-hydrogen) atoms. The second kappa shape index (κ2) is 8.15. The maximum absolute atomic E-state index is 13.3. The number of methoxy groups -OCH3 is 1. The van der Waals surface area contributed by atoms with Crippen LogP contribution in [0.1, 0.15) is 5.56 Å². The maximum Gasteiger partial charge on any atom is 0.225 e. The third-order valence-corrected chi connectivity index (χ3v) is 5.87. The van der Waals surface area contributed by atoms with Crippen molar-refractivity contribution in [3.8, 4) is 5.75 Å². The van der Waals surface area contributed by atoms with Crippen molar-refractivity contribution in [2.24, 2.45) is 5.92 Å². The van der Waals surface area contributed by atoms with Gasteiger partial charge in [-0.1, -0.05) is 12.1 Å². The predicted molar refractivity (Wildman–Crippen MR) is 113 cm³/mol. The van der Waals surface area contributed by atoms with Crippen LogP contribution in [0.4, 0.5) is 15.8 Å². The number of amides is 1. The number of nitrogens with one attached hydrogen (secondary N) is 1. The van der Waals surface area contributed by atoms with Gasteiger partial charge in [0.15, 0.2) is 0 Å². The highest BCUT2D eigenvalue weighted by Crippen LogP contribution is 2.38. The first-order valence-electron chi connectivity index (χ1n) is 9.93. The SMILES string of the molecule is C=CCNC(=O)[C@H]1Cc2ccc(OC)cc2N2CCN(c3ccc(F)cc3)C[C@H]12. The van der Waals surface area contributed by atoms with Crippen molar-refractivity contribution in [1.29, 1.82) is 0 Å². The Morgan fingerprint density at radius 1 is 1.28 bits per heavy atom. The van der Waals surface area contributed by atoms with Gasteiger partial charge in [0.05, 0.1) is 19.1 Å². The zero-order valence-electron chi connectivity index (χ0n) is 16.6. The number of carbonyl (C=O) groups excluding carboxylic acids is 1. The lowest BCUT2D eigenvalue weighted by Crippen LogP contribution is -2.61. The molecule has 0 saturated carbocycles. The van der Waals surface area contributed by atoms with Gasteiger partial charge in [0.25, 0.3) is 0 Å². The molecule has 2 aromatic rings. The standard InChI is InChI=1S/C23H26FN3O2/c1-3-10-25-23(28)20-13-16-4-9-19(29-2)14-21(16)27-12-11-26(15-22(20)27)18-7-5-17(24)6-8-18/h3-9,14,20,22H,1,10-13,15H2,2H3,(H,25,28)/t20-,22+/m0/s1. The first kappa shape index (κ1) is 19.3. The number of benzene rings is 2. The minimum Gasteiger partial charge on any atom is -0.497 e. The van der Waals surface area contributed by atoms with Crippen LogP contribution in [0.15, 0.2) is 55.1 Å². The van der Waals surface area contributed by atoms with E-state index in [0.29, 0.717) is 19.5 Å². The quantitative estimate of drug-likeness (QED) is 0.791. The van der Waals surface area contributed by atoms with Gasteiger partial charge >= 0.3 is 0 Å². The number of piperazine rings is 1. The average Bonchev–Trinajstić information content (AvgIpc) is 2.76. The van der Waals surface area contributed by atoms with Gasteiger partial charge in [-0.05, 0) is 42.3 Å². The summed E-state index contributed by atoms with van der Waals surface area (Å²) in [6, 6.07) is 12.7. The molecule has 6 heteroatoms. The number of anilines is 2. The van der Waals surface area contributed by atoms with Crippen LogP contribution in [0.25, 0.3) is 0 Å². The number of hydrogen-bond acceptors (Lipinski definition) is 4. The van der Waals surface area contributed by atoms with Crippen molar-refractivity contribution in [2.75, 3.05) is 43.1 Å². The van der Waals surface area contributed by atoms with Crippen LogP contribution in [0.2, 0.25) is 0 Å². The molecule has 1 N–H and O–H groups in total. The first-order valence-corrected chi connectivity index (χ1v) is 9.93. The van der Waals surface area contributed by atoms with Crippen LogP contribution < -0.4 is 19.9 Å². The van der Waals surface area contributed by atoms with Gasteiger partial charge in [0.2, 0.25) is 5.91 Å². The molecule has 152 valence electrons. The normalized spacial score (nSPS) is 20.5. The number of carbonyl (C=O) groups is 1. The summed E-state index contributed by atoms with van der Waals surface area (Å²) >= 11 is 0. The van der Waals surface area contributed by atoms with Gasteiger partial charge in [0, 0.05) is 43.6 Å². The Balaban J connectivity index is 1.65. The van der Waals surface area contributed by atoms with Crippen molar-refractivity contribution in [3.05, 3.63) is 66.5 Å². The molecular weight excluding hydrogens is 369 g/mol. The fraction of sp³-hybridized carbons (Fsp3) is 0.348. The molecule has 0 aliphatic carbocycles. The van der Waals surface area contributed by atoms with E-state index in [1.165, 1.54) is 12.1 Å². The minimum absolute atomic E-state index is 0.0261. The fourth-order valence-electron chi connectivity index (χ4n) is 4.39. The van der Waals surface area contributed by atoms with E-state index in [1.54, 1.807) is 25.3 Å². The van der Waals surface area contributed by atoms with E-state index in [9.17, 15) is 9.18 Å². The second-order valence-corrected chi connectivity index (χ2v) is 7.52. The summed E-state index contributed by atoms with van der Waals surface area (Å²) in [6.45, 7) is 6.45. The predicted octanol–water partition coefficient (Wildman–Crippen LogP) is 3.00. The third-order valence-electron chi connectivity index (χ3n) is 5.87. The molecule has 4 rings (SSSR count). The zero-order valence-corrected chi connectivity index (χ0v) is 16.6. The van der Waals surface area contributed by atoms with E-state index in [-0.39, 0.29) is 23.7 Å². The molecule has 0 spiro atoms. The molecule has 1 amide bonds. The van der Waals surface area contributed by atoms with Crippen molar-refractivity contribution >= 4 is 17.3 Å². The Morgan fingerprint density at radius 2 is 2.07 bits per heavy atom. The summed E-state index contributed by atoms with van der Waals surface area (Å²) in [4.78, 5) is 17.5. The number of hydrogen-bond donors (Lipinski definition) is 1. The number of fused-ring (bicyclic) bond motifs is 3. The van der Waals surface area contributed by atoms with Crippen molar-refractivity contribution in [3.63, 3.8) is 0 Å². The van der Waals surface area contributed by atoms with Gasteiger partial charge in [0.1, 0.15) is 11.6 Å². The van der Waals surface area contributed by atoms with Crippen LogP contribution in [0.5, 0.6) is 5.75 Å². The molecule has 5 nitrogen and oxygen atoms in total. The highest BCUT2D eigenvalue weighted by molar-refractivity contribution is 5.82. The lowest BCUT2D eigenvalue weighted by atomic mass is 9.83. The summed E-state index contributed by atoms with van der Waals surface area (Å²) < 4.78 is 18.8. The van der Waals surface area contributed by atoms with Crippen molar-refractivity contribution in [2.45, 2.75) is 12.5 Å². The number of ether oxygens (including phenoxy) is 1. The van der Waals surface area contributed by atoms with Gasteiger partial charge in [-0.25, -0.2) is 4.39 Å². The lowest BCUT2D eigenvalue weighted by Gasteiger charge is -2.49. The Labute approximate surface area is 170 Å². The Morgan fingerprint density at radius 3 is 2.79 bits per heavy atom. The summed E-state index contributed by atoms with van der Waals surface area (Å²) in [5, 5.41) is 2.97. The molecule has 0 unspecified atom stereocenters. The molecule has 2 aliphatic heterocycles. The van der Waals surface area contributed by atoms with E-state index >= 15 is 0 Å².